The van der Waals surface area contributed by atoms with Gasteiger partial charge in [-0.3, -0.25) is 4.79 Å². The molecular weight excluding hydrogens is 212 g/mol. The number of hydrogen-bond acceptors (Lipinski definition) is 2. The van der Waals surface area contributed by atoms with Gasteiger partial charge in [-0.15, -0.1) is 0 Å². The molecule has 1 amide bonds. The maximum absolute atomic E-state index is 12.1. The Morgan fingerprint density at radius 2 is 2.18 bits per heavy atom. The Hall–Kier alpha value is -0.570. The minimum Gasteiger partial charge on any atom is -0.342 e. The zero-order valence-electron chi connectivity index (χ0n) is 11.8. The quantitative estimate of drug-likeness (QED) is 0.799. The molecule has 100 valence electrons. The Balaban J connectivity index is 2.48. The SMILES string of the molecule is CCC(C)CC(=O)N1CCC(NC)C(CC)C1. The van der Waals surface area contributed by atoms with Gasteiger partial charge < -0.3 is 10.2 Å². The van der Waals surface area contributed by atoms with Gasteiger partial charge in [0.1, 0.15) is 0 Å². The Bertz CT molecular complexity index is 242. The second kappa shape index (κ2) is 7.00. The number of carbonyl (C=O) groups excluding carboxylic acids is 1. The van der Waals surface area contributed by atoms with Gasteiger partial charge in [0.05, 0.1) is 0 Å². The summed E-state index contributed by atoms with van der Waals surface area (Å²) in [5, 5.41) is 3.38. The highest BCUT2D eigenvalue weighted by atomic mass is 16.2. The fourth-order valence-electron chi connectivity index (χ4n) is 2.62. The first kappa shape index (κ1) is 14.5. The van der Waals surface area contributed by atoms with Crippen molar-refractivity contribution in [2.24, 2.45) is 11.8 Å². The predicted octanol–water partition coefficient (Wildman–Crippen LogP) is 2.27. The lowest BCUT2D eigenvalue weighted by Gasteiger charge is -2.38. The first-order chi connectivity index (χ1) is 8.12. The van der Waals surface area contributed by atoms with Gasteiger partial charge in [-0.25, -0.2) is 0 Å². The van der Waals surface area contributed by atoms with E-state index in [1.165, 1.54) is 0 Å². The first-order valence-electron chi connectivity index (χ1n) is 7.07. The summed E-state index contributed by atoms with van der Waals surface area (Å²) in [5.41, 5.74) is 0. The highest BCUT2D eigenvalue weighted by Crippen LogP contribution is 2.21. The summed E-state index contributed by atoms with van der Waals surface area (Å²) in [4.78, 5) is 14.2. The smallest absolute Gasteiger partial charge is 0.222 e. The summed E-state index contributed by atoms with van der Waals surface area (Å²) in [6.45, 7) is 8.40. The van der Waals surface area contributed by atoms with Gasteiger partial charge in [0.2, 0.25) is 5.91 Å². The van der Waals surface area contributed by atoms with Crippen LogP contribution in [0.5, 0.6) is 0 Å². The normalized spacial score (nSPS) is 26.9. The molecule has 0 radical (unpaired) electrons. The summed E-state index contributed by atoms with van der Waals surface area (Å²) in [7, 11) is 2.03. The fraction of sp³-hybridized carbons (Fsp3) is 0.929. The van der Waals surface area contributed by atoms with Gasteiger partial charge in [-0.05, 0) is 25.3 Å². The molecule has 0 aromatic heterocycles. The van der Waals surface area contributed by atoms with Crippen molar-refractivity contribution in [1.82, 2.24) is 10.2 Å². The number of rotatable bonds is 5. The second-order valence-corrected chi connectivity index (χ2v) is 5.41. The van der Waals surface area contributed by atoms with E-state index in [2.05, 4.69) is 31.0 Å². The van der Waals surface area contributed by atoms with Gasteiger partial charge in [0, 0.05) is 25.6 Å². The minimum absolute atomic E-state index is 0.354. The summed E-state index contributed by atoms with van der Waals surface area (Å²) >= 11 is 0. The minimum atomic E-state index is 0.354. The van der Waals surface area contributed by atoms with Crippen molar-refractivity contribution in [3.63, 3.8) is 0 Å². The molecule has 0 aromatic rings. The molecule has 3 heteroatoms. The predicted molar refractivity (Wildman–Crippen MR) is 71.9 cm³/mol. The molecule has 1 N–H and O–H groups in total. The van der Waals surface area contributed by atoms with Crippen molar-refractivity contribution in [3.8, 4) is 0 Å². The van der Waals surface area contributed by atoms with Crippen LogP contribution < -0.4 is 5.32 Å². The summed E-state index contributed by atoms with van der Waals surface area (Å²) in [6, 6.07) is 0.590. The summed E-state index contributed by atoms with van der Waals surface area (Å²) in [6.07, 6.45) is 4.06. The van der Waals surface area contributed by atoms with Gasteiger partial charge in [-0.1, -0.05) is 33.6 Å². The Labute approximate surface area is 106 Å². The van der Waals surface area contributed by atoms with Gasteiger partial charge in [0.15, 0.2) is 0 Å². The number of likely N-dealkylation sites (tertiary alicyclic amines) is 1. The van der Waals surface area contributed by atoms with Crippen LogP contribution >= 0.6 is 0 Å². The molecule has 1 saturated heterocycles. The maximum atomic E-state index is 12.1. The van der Waals surface area contributed by atoms with Crippen molar-refractivity contribution in [1.29, 1.82) is 0 Å². The van der Waals surface area contributed by atoms with Crippen LogP contribution in [0, 0.1) is 11.8 Å². The van der Waals surface area contributed by atoms with Crippen LogP contribution in [0.1, 0.15) is 46.5 Å². The number of piperidine rings is 1. The second-order valence-electron chi connectivity index (χ2n) is 5.41. The van der Waals surface area contributed by atoms with E-state index in [9.17, 15) is 4.79 Å². The number of nitrogens with zero attached hydrogens (tertiary/aromatic N) is 1. The van der Waals surface area contributed by atoms with E-state index in [-0.39, 0.29) is 0 Å². The third kappa shape index (κ3) is 3.98. The number of amides is 1. The zero-order chi connectivity index (χ0) is 12.8. The standard InChI is InChI=1S/C14H28N2O/c1-5-11(3)9-14(17)16-8-7-13(15-4)12(6-2)10-16/h11-13,15H,5-10H2,1-4H3. The van der Waals surface area contributed by atoms with E-state index in [0.717, 1.165) is 38.8 Å². The molecule has 1 heterocycles. The molecular formula is C14H28N2O. The highest BCUT2D eigenvalue weighted by Gasteiger charge is 2.29. The average molecular weight is 240 g/mol. The molecule has 1 fully saturated rings. The van der Waals surface area contributed by atoms with E-state index in [4.69, 9.17) is 0 Å². The van der Waals surface area contributed by atoms with Crippen molar-refractivity contribution in [2.45, 2.75) is 52.5 Å². The molecule has 0 spiro atoms. The molecule has 0 bridgehead atoms. The van der Waals surface area contributed by atoms with Crippen molar-refractivity contribution < 1.29 is 4.79 Å². The molecule has 0 saturated carbocycles. The Morgan fingerprint density at radius 1 is 1.47 bits per heavy atom. The maximum Gasteiger partial charge on any atom is 0.222 e. The molecule has 0 aliphatic carbocycles. The van der Waals surface area contributed by atoms with E-state index < -0.39 is 0 Å². The number of carbonyl (C=O) groups is 1. The Kier molecular flexibility index (Phi) is 5.96. The fourth-order valence-corrected chi connectivity index (χ4v) is 2.62. The average Bonchev–Trinajstić information content (AvgIpc) is 2.37. The molecule has 3 nitrogen and oxygen atoms in total. The summed E-state index contributed by atoms with van der Waals surface area (Å²) < 4.78 is 0. The molecule has 17 heavy (non-hydrogen) atoms. The lowest BCUT2D eigenvalue weighted by atomic mass is 9.89. The van der Waals surface area contributed by atoms with E-state index >= 15 is 0 Å². The van der Waals surface area contributed by atoms with Gasteiger partial charge >= 0.3 is 0 Å². The zero-order valence-corrected chi connectivity index (χ0v) is 11.8. The van der Waals surface area contributed by atoms with Crippen LogP contribution in [-0.2, 0) is 4.79 Å². The summed E-state index contributed by atoms with van der Waals surface area (Å²) in [5.74, 6) is 1.49. The van der Waals surface area contributed by atoms with Crippen molar-refractivity contribution in [2.75, 3.05) is 20.1 Å². The monoisotopic (exact) mass is 240 g/mol. The van der Waals surface area contributed by atoms with E-state index in [1.807, 2.05) is 7.05 Å². The van der Waals surface area contributed by atoms with Crippen LogP contribution in [0.4, 0.5) is 0 Å². The molecule has 1 aliphatic rings. The van der Waals surface area contributed by atoms with Crippen molar-refractivity contribution >= 4 is 5.91 Å². The number of hydrogen-bond donors (Lipinski definition) is 1. The largest absolute Gasteiger partial charge is 0.342 e. The van der Waals surface area contributed by atoms with Gasteiger partial charge in [0.25, 0.3) is 0 Å². The van der Waals surface area contributed by atoms with Crippen molar-refractivity contribution in [3.05, 3.63) is 0 Å². The van der Waals surface area contributed by atoms with Crippen LogP contribution in [0.3, 0.4) is 0 Å². The molecule has 1 aliphatic heterocycles. The van der Waals surface area contributed by atoms with Crippen LogP contribution in [0.2, 0.25) is 0 Å². The van der Waals surface area contributed by atoms with Crippen LogP contribution in [0.15, 0.2) is 0 Å². The molecule has 1 rings (SSSR count). The lowest BCUT2D eigenvalue weighted by Crippen LogP contribution is -2.50. The molecule has 0 aromatic carbocycles. The van der Waals surface area contributed by atoms with Gasteiger partial charge in [-0.2, -0.15) is 0 Å². The highest BCUT2D eigenvalue weighted by molar-refractivity contribution is 5.76. The molecule has 3 unspecified atom stereocenters. The molecule has 3 atom stereocenters. The third-order valence-electron chi connectivity index (χ3n) is 4.20. The van der Waals surface area contributed by atoms with Crippen LogP contribution in [0.25, 0.3) is 0 Å². The van der Waals surface area contributed by atoms with E-state index in [1.54, 1.807) is 0 Å². The Morgan fingerprint density at radius 3 is 2.71 bits per heavy atom. The van der Waals surface area contributed by atoms with E-state index in [0.29, 0.717) is 23.8 Å². The third-order valence-corrected chi connectivity index (χ3v) is 4.20. The lowest BCUT2D eigenvalue weighted by molar-refractivity contribution is -0.134. The topological polar surface area (TPSA) is 32.3 Å². The first-order valence-corrected chi connectivity index (χ1v) is 7.07. The number of nitrogens with one attached hydrogen (secondary N) is 1. The van der Waals surface area contributed by atoms with Crippen LogP contribution in [-0.4, -0.2) is 37.0 Å².